The summed E-state index contributed by atoms with van der Waals surface area (Å²) in [6, 6.07) is 8.28. The first kappa shape index (κ1) is 29.3. The van der Waals surface area contributed by atoms with Crippen LogP contribution in [0.2, 0.25) is 0 Å². The van der Waals surface area contributed by atoms with Gasteiger partial charge in [-0.2, -0.15) is 5.10 Å². The molecule has 0 radical (unpaired) electrons. The molecular formula is C32H33FN10O3. The quantitative estimate of drug-likeness (QED) is 0.265. The molecule has 5 aromatic rings. The highest BCUT2D eigenvalue weighted by molar-refractivity contribution is 5.91. The number of aromatic nitrogens is 6. The Morgan fingerprint density at radius 3 is 2.89 bits per heavy atom. The minimum Gasteiger partial charge on any atom is -0.487 e. The van der Waals surface area contributed by atoms with Gasteiger partial charge in [-0.25, -0.2) is 28.8 Å². The van der Waals surface area contributed by atoms with Gasteiger partial charge in [0.05, 0.1) is 17.2 Å². The molecule has 1 N–H and O–H groups in total. The lowest BCUT2D eigenvalue weighted by Gasteiger charge is -2.39. The number of amides is 1. The summed E-state index contributed by atoms with van der Waals surface area (Å²) in [7, 11) is 3.95. The number of benzene rings is 1. The summed E-state index contributed by atoms with van der Waals surface area (Å²) in [5.41, 5.74) is 2.57. The Balaban J connectivity index is 1.12. The SMILES string of the molecule is Cc1cc(Nc2ncnc3cc4c(nc23)N2CCN(C(=O)/C=C/[C@H](C)N(C)C)[C@@H](CO4)C2)c(F)cc1Oc1ccn2ncnc2c1. The molecule has 2 aliphatic heterocycles. The second kappa shape index (κ2) is 11.9. The number of hydrogen-bond donors (Lipinski definition) is 1. The van der Waals surface area contributed by atoms with E-state index in [0.29, 0.717) is 77.4 Å². The summed E-state index contributed by atoms with van der Waals surface area (Å²) in [5.74, 6) is 1.91. The Bertz CT molecular complexity index is 1980. The number of hydrogen-bond acceptors (Lipinski definition) is 11. The van der Waals surface area contributed by atoms with Crippen molar-refractivity contribution in [1.82, 2.24) is 39.3 Å². The van der Waals surface area contributed by atoms with Gasteiger partial charge in [0.15, 0.2) is 23.0 Å². The van der Waals surface area contributed by atoms with E-state index >= 15 is 4.39 Å². The standard InChI is InChI=1S/C32H33FN10O3/c1-19-11-24(23(33)13-26(19)46-22-7-8-43-28(12-22)35-18-37-43)38-31-30-25(34-17-36-31)14-27-32(39-30)41-9-10-42(21(15-41)16-45-27)29(44)6-5-20(2)40(3)4/h5-8,11-14,17-18,20-21H,9-10,15-16H2,1-4H3,(H,34,36,38)/b6-5+/t20-,21+/m0/s1. The molecule has 2 aliphatic rings. The fourth-order valence-electron chi connectivity index (χ4n) is 5.52. The zero-order valence-electron chi connectivity index (χ0n) is 25.9. The normalized spacial score (nSPS) is 16.9. The molecule has 1 saturated heterocycles. The second-order valence-electron chi connectivity index (χ2n) is 11.7. The van der Waals surface area contributed by atoms with Crippen LogP contribution < -0.4 is 19.7 Å². The number of pyridine rings is 2. The molecular weight excluding hydrogens is 591 g/mol. The van der Waals surface area contributed by atoms with Gasteiger partial charge in [-0.15, -0.1) is 0 Å². The molecule has 0 spiro atoms. The van der Waals surface area contributed by atoms with Gasteiger partial charge in [-0.1, -0.05) is 6.08 Å². The minimum absolute atomic E-state index is 0.0338. The third-order valence-corrected chi connectivity index (χ3v) is 8.38. The summed E-state index contributed by atoms with van der Waals surface area (Å²) in [5, 5.41) is 7.19. The topological polar surface area (TPSA) is 126 Å². The van der Waals surface area contributed by atoms with Crippen LogP contribution in [0.15, 0.2) is 61.3 Å². The van der Waals surface area contributed by atoms with E-state index in [2.05, 4.69) is 30.3 Å². The molecule has 1 aromatic carbocycles. The number of rotatable bonds is 7. The van der Waals surface area contributed by atoms with Crippen LogP contribution in [0.5, 0.6) is 17.2 Å². The van der Waals surface area contributed by atoms with Crippen molar-refractivity contribution < 1.29 is 18.7 Å². The fourth-order valence-corrected chi connectivity index (χ4v) is 5.52. The molecule has 0 unspecified atom stereocenters. The van der Waals surface area contributed by atoms with Gasteiger partial charge < -0.3 is 29.5 Å². The van der Waals surface area contributed by atoms with Gasteiger partial charge in [0.25, 0.3) is 0 Å². The van der Waals surface area contributed by atoms with Gasteiger partial charge in [-0.05, 0) is 45.6 Å². The highest BCUT2D eigenvalue weighted by Crippen LogP contribution is 2.37. The molecule has 6 heterocycles. The number of nitrogens with zero attached hydrogens (tertiary/aromatic N) is 9. The average Bonchev–Trinajstić information content (AvgIpc) is 3.47. The number of ether oxygens (including phenoxy) is 2. The molecule has 13 nitrogen and oxygen atoms in total. The van der Waals surface area contributed by atoms with Crippen molar-refractivity contribution in [1.29, 1.82) is 0 Å². The van der Waals surface area contributed by atoms with Gasteiger partial charge in [0, 0.05) is 56.1 Å². The molecule has 46 heavy (non-hydrogen) atoms. The number of piperazine rings is 1. The molecule has 7 rings (SSSR count). The van der Waals surface area contributed by atoms with Gasteiger partial charge in [0.1, 0.15) is 42.1 Å². The Kier molecular flexibility index (Phi) is 7.56. The minimum atomic E-state index is -0.522. The van der Waals surface area contributed by atoms with E-state index in [1.54, 1.807) is 35.0 Å². The second-order valence-corrected chi connectivity index (χ2v) is 11.7. The molecule has 0 saturated carbocycles. The highest BCUT2D eigenvalue weighted by atomic mass is 19.1. The van der Waals surface area contributed by atoms with Crippen LogP contribution in [0, 0.1) is 12.7 Å². The molecule has 2 atom stereocenters. The number of fused-ring (bicyclic) bond motifs is 6. The van der Waals surface area contributed by atoms with Gasteiger partial charge in [0.2, 0.25) is 5.91 Å². The van der Waals surface area contributed by atoms with Crippen LogP contribution in [0.1, 0.15) is 12.5 Å². The lowest BCUT2D eigenvalue weighted by atomic mass is 10.1. The molecule has 0 aliphatic carbocycles. The maximum atomic E-state index is 15.5. The molecule has 1 fully saturated rings. The molecule has 236 valence electrons. The average molecular weight is 625 g/mol. The van der Waals surface area contributed by atoms with E-state index in [9.17, 15) is 4.79 Å². The van der Waals surface area contributed by atoms with E-state index in [0.717, 1.165) is 0 Å². The number of halogens is 1. The van der Waals surface area contributed by atoms with Crippen LogP contribution in [-0.4, -0.2) is 97.7 Å². The Morgan fingerprint density at radius 1 is 1.17 bits per heavy atom. The summed E-state index contributed by atoms with van der Waals surface area (Å²) >= 11 is 0. The highest BCUT2D eigenvalue weighted by Gasteiger charge is 2.35. The van der Waals surface area contributed by atoms with E-state index in [-0.39, 0.29) is 23.7 Å². The van der Waals surface area contributed by atoms with Crippen molar-refractivity contribution in [2.24, 2.45) is 0 Å². The largest absolute Gasteiger partial charge is 0.487 e. The number of likely N-dealkylation sites (N-methyl/N-ethyl adjacent to an activating group) is 1. The van der Waals surface area contributed by atoms with Crippen molar-refractivity contribution in [3.05, 3.63) is 72.7 Å². The van der Waals surface area contributed by atoms with E-state index in [1.807, 2.05) is 49.9 Å². The van der Waals surface area contributed by atoms with E-state index in [1.165, 1.54) is 18.7 Å². The van der Waals surface area contributed by atoms with Crippen LogP contribution >= 0.6 is 0 Å². The number of aryl methyl sites for hydroxylation is 1. The maximum absolute atomic E-state index is 15.5. The number of carbonyl (C=O) groups is 1. The first-order valence-corrected chi connectivity index (χ1v) is 15.0. The third kappa shape index (κ3) is 5.62. The zero-order valence-corrected chi connectivity index (χ0v) is 25.9. The summed E-state index contributed by atoms with van der Waals surface area (Å²) in [6.07, 6.45) is 8.14. The number of anilines is 3. The first-order chi connectivity index (χ1) is 22.2. The van der Waals surface area contributed by atoms with Crippen molar-refractivity contribution >= 4 is 39.9 Å². The van der Waals surface area contributed by atoms with E-state index < -0.39 is 5.82 Å². The smallest absolute Gasteiger partial charge is 0.246 e. The Morgan fingerprint density at radius 2 is 2.04 bits per heavy atom. The first-order valence-electron chi connectivity index (χ1n) is 15.0. The van der Waals surface area contributed by atoms with Crippen LogP contribution in [0.25, 0.3) is 16.7 Å². The third-order valence-electron chi connectivity index (χ3n) is 8.38. The predicted molar refractivity (Wildman–Crippen MR) is 170 cm³/mol. The van der Waals surface area contributed by atoms with Crippen molar-refractivity contribution in [3.8, 4) is 17.2 Å². The molecule has 4 aromatic heterocycles. The molecule has 2 bridgehead atoms. The Labute approximate surface area is 264 Å². The van der Waals surface area contributed by atoms with Crippen LogP contribution in [0.3, 0.4) is 0 Å². The monoisotopic (exact) mass is 624 g/mol. The summed E-state index contributed by atoms with van der Waals surface area (Å²) in [6.45, 7) is 5.91. The lowest BCUT2D eigenvalue weighted by molar-refractivity contribution is -0.129. The number of nitrogens with one attached hydrogen (secondary N) is 1. The van der Waals surface area contributed by atoms with Crippen LogP contribution in [0.4, 0.5) is 21.7 Å². The lowest BCUT2D eigenvalue weighted by Crippen LogP contribution is -2.56. The fraction of sp³-hybridized carbons (Fsp3) is 0.312. The van der Waals surface area contributed by atoms with Gasteiger partial charge in [-0.3, -0.25) is 4.79 Å². The zero-order chi connectivity index (χ0) is 31.9. The van der Waals surface area contributed by atoms with Crippen molar-refractivity contribution in [2.45, 2.75) is 25.9 Å². The predicted octanol–water partition coefficient (Wildman–Crippen LogP) is 3.97. The van der Waals surface area contributed by atoms with Crippen molar-refractivity contribution in [2.75, 3.05) is 50.6 Å². The Hall–Kier alpha value is -5.37. The maximum Gasteiger partial charge on any atom is 0.246 e. The summed E-state index contributed by atoms with van der Waals surface area (Å²) < 4.78 is 29.2. The molecule has 14 heteroatoms. The summed E-state index contributed by atoms with van der Waals surface area (Å²) in [4.78, 5) is 37.0. The number of carbonyl (C=O) groups excluding carboxylic acids is 1. The van der Waals surface area contributed by atoms with E-state index in [4.69, 9.17) is 14.5 Å². The van der Waals surface area contributed by atoms with Crippen LogP contribution in [-0.2, 0) is 4.79 Å². The molecule has 1 amide bonds. The van der Waals surface area contributed by atoms with Crippen molar-refractivity contribution in [3.63, 3.8) is 0 Å². The van der Waals surface area contributed by atoms with Gasteiger partial charge >= 0.3 is 0 Å².